The molecule has 0 aromatic carbocycles. The second kappa shape index (κ2) is 20.0. The van der Waals surface area contributed by atoms with E-state index in [-0.39, 0.29) is 37.3 Å². The van der Waals surface area contributed by atoms with Crippen LogP contribution < -0.4 is 5.32 Å². The van der Waals surface area contributed by atoms with Crippen LogP contribution in [0.4, 0.5) is 0 Å². The molecule has 15 heteroatoms. The van der Waals surface area contributed by atoms with Crippen LogP contribution in [0, 0.1) is 17.8 Å². The van der Waals surface area contributed by atoms with Crippen LogP contribution in [0.1, 0.15) is 114 Å². The van der Waals surface area contributed by atoms with Crippen molar-refractivity contribution in [1.82, 2.24) is 15.1 Å². The number of ether oxygens (including phenoxy) is 6. The molecular weight excluding hydrogens is 750 g/mol. The fourth-order valence-corrected chi connectivity index (χ4v) is 10.2. The maximum Gasteiger partial charge on any atom is 0.311 e. The number of likely N-dealkylation sites (N-methyl/N-ethyl adjacent to an activating group) is 1. The van der Waals surface area contributed by atoms with Gasteiger partial charge in [0.05, 0.1) is 35.9 Å². The van der Waals surface area contributed by atoms with Crippen molar-refractivity contribution in [2.24, 2.45) is 17.8 Å². The average molecular weight is 832 g/mol. The van der Waals surface area contributed by atoms with Crippen molar-refractivity contribution >= 4 is 5.97 Å². The summed E-state index contributed by atoms with van der Waals surface area (Å²) in [6.07, 6.45) is -4.20. The Labute approximate surface area is 348 Å². The Bertz CT molecular complexity index is 1300. The van der Waals surface area contributed by atoms with E-state index in [1.165, 1.54) is 6.92 Å². The lowest BCUT2D eigenvalue weighted by atomic mass is 9.74. The second-order valence-electron chi connectivity index (χ2n) is 19.4. The first kappa shape index (κ1) is 49.6. The van der Waals surface area contributed by atoms with Crippen molar-refractivity contribution in [3.8, 4) is 0 Å². The molecule has 0 spiro atoms. The Hall–Kier alpha value is -1.05. The van der Waals surface area contributed by atoms with E-state index in [1.54, 1.807) is 34.8 Å². The third kappa shape index (κ3) is 10.9. The summed E-state index contributed by atoms with van der Waals surface area (Å²) in [5.74, 6) is -2.64. The molecule has 4 aliphatic rings. The third-order valence-electron chi connectivity index (χ3n) is 14.1. The molecule has 0 radical (unpaired) electrons. The molecule has 0 aromatic heterocycles. The van der Waals surface area contributed by atoms with Gasteiger partial charge in [-0.15, -0.1) is 0 Å². The highest BCUT2D eigenvalue weighted by Crippen LogP contribution is 2.44. The number of β-amino-alcohol motifs (C(OH)–C–C–N with tert-alkyl or cyclic N) is 1. The predicted molar refractivity (Wildman–Crippen MR) is 219 cm³/mol. The number of cyclic esters (lactones) is 1. The van der Waals surface area contributed by atoms with Gasteiger partial charge in [-0.2, -0.15) is 0 Å². The van der Waals surface area contributed by atoms with Gasteiger partial charge in [0.25, 0.3) is 0 Å². The van der Waals surface area contributed by atoms with E-state index in [0.717, 1.165) is 32.4 Å². The molecule has 1 unspecified atom stereocenters. The first-order chi connectivity index (χ1) is 26.9. The number of carbonyl (C=O) groups is 1. The summed E-state index contributed by atoms with van der Waals surface area (Å²) < 4.78 is 38.7. The number of methoxy groups -OCH3 is 1. The Morgan fingerprint density at radius 2 is 1.57 bits per heavy atom. The molecule has 0 amide bonds. The van der Waals surface area contributed by atoms with E-state index in [4.69, 9.17) is 28.4 Å². The summed E-state index contributed by atoms with van der Waals surface area (Å²) in [7, 11) is 5.36. The normalized spacial score (nSPS) is 48.6. The summed E-state index contributed by atoms with van der Waals surface area (Å²) >= 11 is 0. The molecule has 0 aromatic rings. The van der Waals surface area contributed by atoms with Crippen molar-refractivity contribution < 1.29 is 58.7 Å². The van der Waals surface area contributed by atoms with Gasteiger partial charge in [0.2, 0.25) is 0 Å². The van der Waals surface area contributed by atoms with Crippen LogP contribution in [-0.2, 0) is 33.2 Å². The number of nitrogens with one attached hydrogen (secondary N) is 1. The van der Waals surface area contributed by atoms with Crippen LogP contribution in [-0.4, -0.2) is 178 Å². The maximum absolute atomic E-state index is 14.4. The largest absolute Gasteiger partial charge is 0.459 e. The van der Waals surface area contributed by atoms with Crippen LogP contribution >= 0.6 is 0 Å². The van der Waals surface area contributed by atoms with E-state index in [2.05, 4.69) is 10.2 Å². The third-order valence-corrected chi connectivity index (χ3v) is 14.1. The molecule has 4 fully saturated rings. The minimum atomic E-state index is -1.81. The minimum Gasteiger partial charge on any atom is -0.459 e. The number of hydrogen-bond donors (Lipinski definition) is 6. The van der Waals surface area contributed by atoms with Gasteiger partial charge in [0.1, 0.15) is 35.1 Å². The number of likely N-dealkylation sites (tertiary alicyclic amines) is 1. The number of rotatable bonds is 9. The van der Waals surface area contributed by atoms with Crippen LogP contribution in [0.5, 0.6) is 0 Å². The van der Waals surface area contributed by atoms with Gasteiger partial charge < -0.3 is 69.1 Å². The van der Waals surface area contributed by atoms with Crippen molar-refractivity contribution in [3.63, 3.8) is 0 Å². The van der Waals surface area contributed by atoms with Gasteiger partial charge in [-0.1, -0.05) is 27.2 Å². The number of hydrogen-bond acceptors (Lipinski definition) is 15. The van der Waals surface area contributed by atoms with Gasteiger partial charge >= 0.3 is 5.97 Å². The Morgan fingerprint density at radius 3 is 2.16 bits per heavy atom. The van der Waals surface area contributed by atoms with Crippen LogP contribution in [0.25, 0.3) is 0 Å². The molecule has 4 aliphatic heterocycles. The lowest BCUT2D eigenvalue weighted by Crippen LogP contribution is -2.70. The zero-order valence-electron chi connectivity index (χ0n) is 37.8. The lowest BCUT2D eigenvalue weighted by Gasteiger charge is -2.55. The number of nitrogens with zero attached hydrogens (tertiary/aromatic N) is 2. The number of piperidine rings is 1. The van der Waals surface area contributed by atoms with Crippen molar-refractivity contribution in [1.29, 1.82) is 0 Å². The monoisotopic (exact) mass is 832 g/mol. The minimum absolute atomic E-state index is 0.122. The molecule has 6 N–H and O–H groups in total. The Morgan fingerprint density at radius 1 is 0.931 bits per heavy atom. The van der Waals surface area contributed by atoms with Gasteiger partial charge in [-0.25, -0.2) is 0 Å². The van der Waals surface area contributed by atoms with E-state index in [1.807, 2.05) is 53.6 Å². The van der Waals surface area contributed by atoms with E-state index in [0.29, 0.717) is 19.5 Å². The average Bonchev–Trinajstić information content (AvgIpc) is 3.15. The number of aliphatic hydroxyl groups excluding tert-OH is 2. The highest BCUT2D eigenvalue weighted by molar-refractivity contribution is 5.73. The number of esters is 1. The second-order valence-corrected chi connectivity index (χ2v) is 19.4. The fraction of sp³-hybridized carbons (Fsp3) is 0.977. The summed E-state index contributed by atoms with van der Waals surface area (Å²) in [4.78, 5) is 18.6. The first-order valence-electron chi connectivity index (χ1n) is 21.9. The zero-order chi connectivity index (χ0) is 43.5. The van der Waals surface area contributed by atoms with Crippen LogP contribution in [0.2, 0.25) is 0 Å². The number of carbonyl (C=O) groups excluding carboxylic acids is 1. The van der Waals surface area contributed by atoms with Gasteiger partial charge in [-0.3, -0.25) is 4.79 Å². The molecule has 0 aliphatic carbocycles. The smallest absolute Gasteiger partial charge is 0.311 e. The van der Waals surface area contributed by atoms with Crippen molar-refractivity contribution in [2.45, 2.75) is 204 Å². The molecule has 0 saturated carbocycles. The predicted octanol–water partition coefficient (Wildman–Crippen LogP) is 2.41. The summed E-state index contributed by atoms with van der Waals surface area (Å²) in [5, 5.41) is 63.0. The molecule has 340 valence electrons. The molecule has 4 saturated heterocycles. The molecule has 18 atom stereocenters. The van der Waals surface area contributed by atoms with Gasteiger partial charge in [-0.05, 0) is 120 Å². The highest BCUT2D eigenvalue weighted by atomic mass is 16.7. The molecular formula is C43H81N3O12. The summed E-state index contributed by atoms with van der Waals surface area (Å²) in [5.41, 5.74) is -5.88. The van der Waals surface area contributed by atoms with E-state index >= 15 is 0 Å². The lowest BCUT2D eigenvalue weighted by molar-refractivity contribution is -0.339. The standard InChI is InChI=1S/C43H81N3O12/c1-14-32-42(10,51)36(48)29(6)44-23-25(2)21-40(8,50)37(58-39-34(47)31(45(11)12)20-26(3)54-39)27(4)35(28(5)38(49)56-32)57-33-22-41(9,53-13)43(52,30(7)55-33)24-46-18-16-15-17-19-46/h25-37,39,44,47-48,50-52H,14-24H2,1-13H3/t25-,26-,27+,28-,29-,30+,31+,32?,33+,34-,35+,36-,37-,39+,40-,41-,42-,43-/m1/s1. The van der Waals surface area contributed by atoms with E-state index < -0.39 is 95.5 Å². The van der Waals surface area contributed by atoms with Crippen LogP contribution in [0.15, 0.2) is 0 Å². The van der Waals surface area contributed by atoms with Gasteiger partial charge in [0, 0.05) is 38.1 Å². The topological polar surface area (TPSA) is 192 Å². The highest BCUT2D eigenvalue weighted by Gasteiger charge is 2.59. The van der Waals surface area contributed by atoms with Crippen molar-refractivity contribution in [2.75, 3.05) is 47.4 Å². The molecule has 4 rings (SSSR count). The zero-order valence-corrected chi connectivity index (χ0v) is 37.8. The maximum atomic E-state index is 14.4. The SMILES string of the molecule is CCC1OC(=O)[C@H](C)[C@@H](O[C@H]2C[C@@](C)(OC)[C@@](O)(CN3CCCCC3)[C@H](C)O2)[C@H](C)[C@@H](O[C@@H]2O[C@H](C)C[C@H](N(C)C)[C@H]2O)[C@](C)(O)C[C@@H](C)CN[C@H](C)[C@@H](O)[C@]1(C)O. The molecule has 0 bridgehead atoms. The summed E-state index contributed by atoms with van der Waals surface area (Å²) in [6, 6.07) is -0.872. The molecule has 15 nitrogen and oxygen atoms in total. The Balaban J connectivity index is 1.79. The quantitative estimate of drug-likeness (QED) is 0.186. The molecule has 58 heavy (non-hydrogen) atoms. The van der Waals surface area contributed by atoms with Crippen LogP contribution in [0.3, 0.4) is 0 Å². The Kier molecular flexibility index (Phi) is 17.1. The first-order valence-corrected chi connectivity index (χ1v) is 21.9. The molecule has 4 heterocycles. The summed E-state index contributed by atoms with van der Waals surface area (Å²) in [6.45, 7) is 20.3. The van der Waals surface area contributed by atoms with Crippen molar-refractivity contribution in [3.05, 3.63) is 0 Å². The van der Waals surface area contributed by atoms with E-state index in [9.17, 15) is 30.3 Å². The number of aliphatic hydroxyl groups is 5. The fourth-order valence-electron chi connectivity index (χ4n) is 10.2. The van der Waals surface area contributed by atoms with Gasteiger partial charge in [0.15, 0.2) is 12.6 Å².